The van der Waals surface area contributed by atoms with E-state index in [1.165, 1.54) is 36.0 Å². The molecule has 20 heavy (non-hydrogen) atoms. The third-order valence-corrected chi connectivity index (χ3v) is 3.50. The van der Waals surface area contributed by atoms with Crippen LogP contribution in [0.1, 0.15) is 15.9 Å². The molecule has 0 atom stereocenters. The number of aromatic carboxylic acids is 1. The van der Waals surface area contributed by atoms with Crippen LogP contribution in [-0.2, 0) is 6.18 Å². The van der Waals surface area contributed by atoms with Crippen LogP contribution in [0, 0.1) is 0 Å². The summed E-state index contributed by atoms with van der Waals surface area (Å²) in [6.07, 6.45) is -4.35. The van der Waals surface area contributed by atoms with Crippen LogP contribution < -0.4 is 0 Å². The lowest BCUT2D eigenvalue weighted by Gasteiger charge is -2.07. The quantitative estimate of drug-likeness (QED) is 0.903. The third kappa shape index (κ3) is 3.54. The molecular weight excluding hydrogens is 289 g/mol. The molecule has 0 saturated carbocycles. The number of halogens is 3. The highest BCUT2D eigenvalue weighted by atomic mass is 32.2. The van der Waals surface area contributed by atoms with E-state index < -0.39 is 17.7 Å². The minimum absolute atomic E-state index is 0.141. The van der Waals surface area contributed by atoms with Gasteiger partial charge in [-0.1, -0.05) is 17.8 Å². The highest BCUT2D eigenvalue weighted by Crippen LogP contribution is 2.33. The highest BCUT2D eigenvalue weighted by molar-refractivity contribution is 7.99. The fraction of sp³-hybridized carbons (Fsp3) is 0.0714. The van der Waals surface area contributed by atoms with Gasteiger partial charge in [-0.15, -0.1) is 0 Å². The van der Waals surface area contributed by atoms with Crippen LogP contribution in [0.2, 0.25) is 0 Å². The van der Waals surface area contributed by atoms with Gasteiger partial charge in [0.1, 0.15) is 0 Å². The molecule has 0 radical (unpaired) electrons. The lowest BCUT2D eigenvalue weighted by atomic mass is 10.2. The van der Waals surface area contributed by atoms with Gasteiger partial charge in [0.05, 0.1) is 11.1 Å². The molecule has 0 aliphatic heterocycles. The Bertz CT molecular complexity index is 621. The van der Waals surface area contributed by atoms with Crippen LogP contribution >= 0.6 is 11.8 Å². The minimum Gasteiger partial charge on any atom is -0.478 e. The Morgan fingerprint density at radius 3 is 2.20 bits per heavy atom. The van der Waals surface area contributed by atoms with Gasteiger partial charge in [-0.05, 0) is 42.5 Å². The van der Waals surface area contributed by atoms with E-state index in [-0.39, 0.29) is 5.56 Å². The summed E-state index contributed by atoms with van der Waals surface area (Å²) < 4.78 is 37.2. The lowest BCUT2D eigenvalue weighted by molar-refractivity contribution is -0.137. The number of alkyl halides is 3. The van der Waals surface area contributed by atoms with Crippen LogP contribution in [0.3, 0.4) is 0 Å². The summed E-state index contributed by atoms with van der Waals surface area (Å²) in [5.74, 6) is -1.04. The first-order valence-electron chi connectivity index (χ1n) is 5.55. The third-order valence-electron chi connectivity index (χ3n) is 2.50. The maximum absolute atomic E-state index is 12.4. The highest BCUT2D eigenvalue weighted by Gasteiger charge is 2.29. The van der Waals surface area contributed by atoms with Crippen LogP contribution in [-0.4, -0.2) is 11.1 Å². The van der Waals surface area contributed by atoms with Crippen molar-refractivity contribution in [3.8, 4) is 0 Å². The summed E-state index contributed by atoms with van der Waals surface area (Å²) in [6, 6.07) is 11.0. The van der Waals surface area contributed by atoms with Crippen molar-refractivity contribution in [2.24, 2.45) is 0 Å². The first kappa shape index (κ1) is 14.5. The SMILES string of the molecule is O=C(O)c1cccc(Sc2ccc(C(F)(F)F)cc2)c1. The van der Waals surface area contributed by atoms with Gasteiger partial charge in [0.2, 0.25) is 0 Å². The van der Waals surface area contributed by atoms with Crippen molar-refractivity contribution in [1.29, 1.82) is 0 Å². The fourth-order valence-corrected chi connectivity index (χ4v) is 2.42. The molecule has 0 spiro atoms. The lowest BCUT2D eigenvalue weighted by Crippen LogP contribution is -2.03. The van der Waals surface area contributed by atoms with Gasteiger partial charge in [-0.3, -0.25) is 0 Å². The van der Waals surface area contributed by atoms with Crippen LogP contribution in [0.15, 0.2) is 58.3 Å². The molecular formula is C14H9F3O2S. The molecule has 2 nitrogen and oxygen atoms in total. The van der Waals surface area contributed by atoms with Crippen LogP contribution in [0.5, 0.6) is 0 Å². The summed E-state index contributed by atoms with van der Waals surface area (Å²) in [4.78, 5) is 12.1. The summed E-state index contributed by atoms with van der Waals surface area (Å²) in [5.41, 5.74) is -0.567. The van der Waals surface area contributed by atoms with Gasteiger partial charge in [0.25, 0.3) is 0 Å². The zero-order valence-electron chi connectivity index (χ0n) is 10.0. The molecule has 2 aromatic rings. The monoisotopic (exact) mass is 298 g/mol. The Balaban J connectivity index is 2.18. The van der Waals surface area contributed by atoms with Crippen molar-refractivity contribution in [3.05, 3.63) is 59.7 Å². The van der Waals surface area contributed by atoms with Crippen molar-refractivity contribution in [2.45, 2.75) is 16.0 Å². The van der Waals surface area contributed by atoms with Gasteiger partial charge in [-0.2, -0.15) is 13.2 Å². The Kier molecular flexibility index (Phi) is 4.04. The maximum Gasteiger partial charge on any atom is 0.416 e. The molecule has 0 bridgehead atoms. The summed E-state index contributed by atoms with van der Waals surface area (Å²) in [7, 11) is 0. The Hall–Kier alpha value is -1.95. The van der Waals surface area contributed by atoms with Crippen molar-refractivity contribution in [3.63, 3.8) is 0 Å². The molecule has 1 N–H and O–H groups in total. The molecule has 0 aliphatic rings. The van der Waals surface area contributed by atoms with Gasteiger partial charge >= 0.3 is 12.1 Å². The average Bonchev–Trinajstić information content (AvgIpc) is 2.38. The number of carbonyl (C=O) groups is 1. The van der Waals surface area contributed by atoms with Crippen molar-refractivity contribution in [1.82, 2.24) is 0 Å². The largest absolute Gasteiger partial charge is 0.478 e. The second-order valence-electron chi connectivity index (χ2n) is 3.96. The van der Waals surface area contributed by atoms with E-state index in [0.29, 0.717) is 9.79 Å². The molecule has 0 amide bonds. The average molecular weight is 298 g/mol. The second-order valence-corrected chi connectivity index (χ2v) is 5.10. The van der Waals surface area contributed by atoms with Gasteiger partial charge in [-0.25, -0.2) is 4.79 Å². The summed E-state index contributed by atoms with van der Waals surface area (Å²) in [5, 5.41) is 8.87. The van der Waals surface area contributed by atoms with E-state index in [0.717, 1.165) is 12.1 Å². The van der Waals surface area contributed by atoms with E-state index in [4.69, 9.17) is 5.11 Å². The smallest absolute Gasteiger partial charge is 0.416 e. The standard InChI is InChI=1S/C14H9F3O2S/c15-14(16,17)10-4-6-11(7-5-10)20-12-3-1-2-9(8-12)13(18)19/h1-8H,(H,18,19). The maximum atomic E-state index is 12.4. The Morgan fingerprint density at radius 1 is 1.00 bits per heavy atom. The van der Waals surface area contributed by atoms with Crippen molar-refractivity contribution < 1.29 is 23.1 Å². The fourth-order valence-electron chi connectivity index (χ4n) is 1.54. The van der Waals surface area contributed by atoms with Gasteiger partial charge in [0.15, 0.2) is 0 Å². The number of carboxylic acids is 1. The van der Waals surface area contributed by atoms with E-state index >= 15 is 0 Å². The van der Waals surface area contributed by atoms with Crippen molar-refractivity contribution in [2.75, 3.05) is 0 Å². The predicted octanol–water partition coefficient (Wildman–Crippen LogP) is 4.55. The minimum atomic E-state index is -4.35. The van der Waals surface area contributed by atoms with Gasteiger partial charge < -0.3 is 5.11 Å². The van der Waals surface area contributed by atoms with Crippen LogP contribution in [0.25, 0.3) is 0 Å². The van der Waals surface area contributed by atoms with Crippen LogP contribution in [0.4, 0.5) is 13.2 Å². The van der Waals surface area contributed by atoms with Crippen molar-refractivity contribution >= 4 is 17.7 Å². The first-order valence-corrected chi connectivity index (χ1v) is 6.36. The normalized spacial score (nSPS) is 11.3. The molecule has 0 aliphatic carbocycles. The molecule has 6 heteroatoms. The molecule has 0 fully saturated rings. The molecule has 0 heterocycles. The Labute approximate surface area is 117 Å². The molecule has 104 valence electrons. The molecule has 2 rings (SSSR count). The zero-order chi connectivity index (χ0) is 14.8. The predicted molar refractivity (Wildman–Crippen MR) is 69.0 cm³/mol. The number of rotatable bonds is 3. The van der Waals surface area contributed by atoms with E-state index in [2.05, 4.69) is 0 Å². The zero-order valence-corrected chi connectivity index (χ0v) is 10.8. The van der Waals surface area contributed by atoms with E-state index in [9.17, 15) is 18.0 Å². The number of benzene rings is 2. The van der Waals surface area contributed by atoms with E-state index in [1.54, 1.807) is 12.1 Å². The number of carboxylic acid groups (broad SMARTS) is 1. The molecule has 0 saturated heterocycles. The first-order chi connectivity index (χ1) is 9.36. The molecule has 0 unspecified atom stereocenters. The summed E-state index contributed by atoms with van der Waals surface area (Å²) >= 11 is 1.21. The topological polar surface area (TPSA) is 37.3 Å². The second kappa shape index (κ2) is 5.58. The number of hydrogen-bond donors (Lipinski definition) is 1. The van der Waals surface area contributed by atoms with E-state index in [1.807, 2.05) is 0 Å². The van der Waals surface area contributed by atoms with Gasteiger partial charge in [0, 0.05) is 9.79 Å². The number of hydrogen-bond acceptors (Lipinski definition) is 2. The Morgan fingerprint density at radius 2 is 1.65 bits per heavy atom. The molecule has 2 aromatic carbocycles. The molecule has 0 aromatic heterocycles. The summed E-state index contributed by atoms with van der Waals surface area (Å²) in [6.45, 7) is 0.